The van der Waals surface area contributed by atoms with Gasteiger partial charge in [-0.05, 0) is 36.4 Å². The average Bonchev–Trinajstić information content (AvgIpc) is 2.60. The van der Waals surface area contributed by atoms with Crippen LogP contribution in [0, 0.1) is 0 Å². The van der Waals surface area contributed by atoms with Gasteiger partial charge in [0, 0.05) is 11.3 Å². The Labute approximate surface area is 147 Å². The van der Waals surface area contributed by atoms with Crippen molar-refractivity contribution in [1.82, 2.24) is 0 Å². The third-order valence-electron chi connectivity index (χ3n) is 3.27. The molecule has 6 nitrogen and oxygen atoms in total. The first-order valence-corrected chi connectivity index (χ1v) is 7.24. The molecule has 2 rings (SSSR count). The molecule has 0 unspecified atom stereocenters. The minimum absolute atomic E-state index is 0.218. The minimum Gasteiger partial charge on any atom is -0.493 e. The van der Waals surface area contributed by atoms with E-state index in [0.717, 1.165) is 12.1 Å². The fourth-order valence-electron chi connectivity index (χ4n) is 2.16. The van der Waals surface area contributed by atoms with E-state index in [1.807, 2.05) is 0 Å². The summed E-state index contributed by atoms with van der Waals surface area (Å²) in [6, 6.07) is 7.68. The molecule has 0 spiro atoms. The van der Waals surface area contributed by atoms with Crippen molar-refractivity contribution in [3.63, 3.8) is 0 Å². The molecule has 1 amide bonds. The number of carbonyl (C=O) groups excluding carboxylic acids is 1. The van der Waals surface area contributed by atoms with Crippen molar-refractivity contribution in [2.75, 3.05) is 26.6 Å². The molecule has 0 heterocycles. The minimum atomic E-state index is -4.78. The monoisotopic (exact) mass is 371 g/mol. The lowest BCUT2D eigenvalue weighted by atomic mass is 10.1. The summed E-state index contributed by atoms with van der Waals surface area (Å²) in [7, 11) is 4.27. The van der Waals surface area contributed by atoms with E-state index in [1.54, 1.807) is 0 Å². The summed E-state index contributed by atoms with van der Waals surface area (Å²) in [5.74, 6) is 0.0362. The van der Waals surface area contributed by atoms with Crippen LogP contribution in [-0.2, 0) is 0 Å². The number of rotatable bonds is 6. The largest absolute Gasteiger partial charge is 0.573 e. The Morgan fingerprint density at radius 3 is 1.88 bits per heavy atom. The first kappa shape index (κ1) is 19.2. The van der Waals surface area contributed by atoms with E-state index in [4.69, 9.17) is 14.2 Å². The van der Waals surface area contributed by atoms with Crippen LogP contribution in [0.4, 0.5) is 18.9 Å². The Morgan fingerprint density at radius 2 is 1.46 bits per heavy atom. The Bertz CT molecular complexity index is 750. The summed E-state index contributed by atoms with van der Waals surface area (Å²) in [6.45, 7) is 0. The predicted octanol–water partition coefficient (Wildman–Crippen LogP) is 3.86. The summed E-state index contributed by atoms with van der Waals surface area (Å²) in [5.41, 5.74) is 0.508. The van der Waals surface area contributed by atoms with Crippen LogP contribution in [0.2, 0.25) is 0 Å². The van der Waals surface area contributed by atoms with E-state index in [2.05, 4.69) is 10.1 Å². The fourth-order valence-corrected chi connectivity index (χ4v) is 2.16. The molecule has 0 atom stereocenters. The Balaban J connectivity index is 2.19. The molecule has 26 heavy (non-hydrogen) atoms. The van der Waals surface area contributed by atoms with Gasteiger partial charge in [-0.1, -0.05) is 0 Å². The number of nitrogens with one attached hydrogen (secondary N) is 1. The molecule has 0 fully saturated rings. The van der Waals surface area contributed by atoms with Crippen LogP contribution < -0.4 is 24.3 Å². The lowest BCUT2D eigenvalue weighted by molar-refractivity contribution is -0.274. The number of alkyl halides is 3. The molecule has 2 aromatic carbocycles. The Kier molecular flexibility index (Phi) is 5.81. The Morgan fingerprint density at radius 1 is 0.923 bits per heavy atom. The standard InChI is InChI=1S/C17H16F3NO5/c1-23-13-8-10(9-14(24-2)15(13)25-3)16(22)21-11-4-6-12(7-5-11)26-17(18,19)20/h4-9H,1-3H3,(H,21,22). The van der Waals surface area contributed by atoms with Crippen molar-refractivity contribution in [3.8, 4) is 23.0 Å². The number of halogens is 3. The van der Waals surface area contributed by atoms with Gasteiger partial charge in [-0.3, -0.25) is 4.79 Å². The smallest absolute Gasteiger partial charge is 0.493 e. The number of hydrogen-bond acceptors (Lipinski definition) is 5. The van der Waals surface area contributed by atoms with Gasteiger partial charge in [0.25, 0.3) is 5.91 Å². The van der Waals surface area contributed by atoms with Crippen molar-refractivity contribution in [2.24, 2.45) is 0 Å². The summed E-state index contributed by atoms with van der Waals surface area (Å²) < 4.78 is 55.8. The van der Waals surface area contributed by atoms with Gasteiger partial charge >= 0.3 is 6.36 Å². The van der Waals surface area contributed by atoms with Gasteiger partial charge < -0.3 is 24.3 Å². The molecule has 0 aliphatic rings. The van der Waals surface area contributed by atoms with Crippen LogP contribution in [0.25, 0.3) is 0 Å². The van der Waals surface area contributed by atoms with Gasteiger partial charge in [-0.2, -0.15) is 0 Å². The molecule has 140 valence electrons. The molecule has 0 bridgehead atoms. The van der Waals surface area contributed by atoms with Crippen molar-refractivity contribution >= 4 is 11.6 Å². The van der Waals surface area contributed by atoms with E-state index >= 15 is 0 Å². The normalized spacial score (nSPS) is 10.8. The second kappa shape index (κ2) is 7.85. The van der Waals surface area contributed by atoms with E-state index in [9.17, 15) is 18.0 Å². The zero-order valence-electron chi connectivity index (χ0n) is 14.1. The maximum atomic E-state index is 12.4. The van der Waals surface area contributed by atoms with Crippen LogP contribution in [0.1, 0.15) is 10.4 Å². The number of benzene rings is 2. The maximum absolute atomic E-state index is 12.4. The third kappa shape index (κ3) is 4.71. The fraction of sp³-hybridized carbons (Fsp3) is 0.235. The van der Waals surface area contributed by atoms with Crippen LogP contribution in [-0.4, -0.2) is 33.6 Å². The van der Waals surface area contributed by atoms with Crippen LogP contribution >= 0.6 is 0 Å². The van der Waals surface area contributed by atoms with Gasteiger partial charge in [0.05, 0.1) is 21.3 Å². The predicted molar refractivity (Wildman–Crippen MR) is 87.2 cm³/mol. The number of carbonyl (C=O) groups is 1. The van der Waals surface area contributed by atoms with Crippen molar-refractivity contribution in [2.45, 2.75) is 6.36 Å². The SMILES string of the molecule is COc1cc(C(=O)Nc2ccc(OC(F)(F)F)cc2)cc(OC)c1OC. The summed E-state index contributed by atoms with van der Waals surface area (Å²) in [4.78, 5) is 12.4. The quantitative estimate of drug-likeness (QED) is 0.835. The summed E-state index contributed by atoms with van der Waals surface area (Å²) in [5, 5.41) is 2.56. The molecule has 9 heteroatoms. The number of hydrogen-bond donors (Lipinski definition) is 1. The average molecular weight is 371 g/mol. The lowest BCUT2D eigenvalue weighted by Gasteiger charge is -2.14. The van der Waals surface area contributed by atoms with E-state index in [-0.39, 0.29) is 11.3 Å². The van der Waals surface area contributed by atoms with Crippen molar-refractivity contribution < 1.29 is 36.9 Å². The summed E-state index contributed by atoms with van der Waals surface area (Å²) >= 11 is 0. The first-order valence-electron chi connectivity index (χ1n) is 7.24. The molecule has 0 radical (unpaired) electrons. The molecular weight excluding hydrogens is 355 g/mol. The lowest BCUT2D eigenvalue weighted by Crippen LogP contribution is -2.17. The van der Waals surface area contributed by atoms with Crippen LogP contribution in [0.15, 0.2) is 36.4 Å². The number of ether oxygens (including phenoxy) is 4. The molecule has 0 aromatic heterocycles. The third-order valence-corrected chi connectivity index (χ3v) is 3.27. The zero-order chi connectivity index (χ0) is 19.3. The molecule has 0 aliphatic heterocycles. The van der Waals surface area contributed by atoms with E-state index in [1.165, 1.54) is 45.6 Å². The second-order valence-corrected chi connectivity index (χ2v) is 4.94. The van der Waals surface area contributed by atoms with Crippen molar-refractivity contribution in [1.29, 1.82) is 0 Å². The first-order chi connectivity index (χ1) is 12.3. The molecule has 0 saturated heterocycles. The summed E-state index contributed by atoms with van der Waals surface area (Å²) in [6.07, 6.45) is -4.78. The molecule has 2 aromatic rings. The van der Waals surface area contributed by atoms with Crippen molar-refractivity contribution in [3.05, 3.63) is 42.0 Å². The highest BCUT2D eigenvalue weighted by Crippen LogP contribution is 2.38. The van der Waals surface area contributed by atoms with Gasteiger partial charge in [0.15, 0.2) is 11.5 Å². The van der Waals surface area contributed by atoms with E-state index in [0.29, 0.717) is 22.9 Å². The number of anilines is 1. The zero-order valence-corrected chi connectivity index (χ0v) is 14.1. The van der Waals surface area contributed by atoms with Crippen LogP contribution in [0.5, 0.6) is 23.0 Å². The van der Waals surface area contributed by atoms with E-state index < -0.39 is 12.3 Å². The maximum Gasteiger partial charge on any atom is 0.573 e. The van der Waals surface area contributed by atoms with Gasteiger partial charge in [-0.15, -0.1) is 13.2 Å². The number of methoxy groups -OCH3 is 3. The topological polar surface area (TPSA) is 66.0 Å². The highest BCUT2D eigenvalue weighted by molar-refractivity contribution is 6.05. The molecule has 0 aliphatic carbocycles. The Hall–Kier alpha value is -3.10. The molecular formula is C17H16F3NO5. The van der Waals surface area contributed by atoms with Gasteiger partial charge in [0.1, 0.15) is 5.75 Å². The van der Waals surface area contributed by atoms with Crippen LogP contribution in [0.3, 0.4) is 0 Å². The number of amides is 1. The molecule has 0 saturated carbocycles. The molecule has 1 N–H and O–H groups in total. The van der Waals surface area contributed by atoms with Gasteiger partial charge in [0.2, 0.25) is 5.75 Å². The highest BCUT2D eigenvalue weighted by Gasteiger charge is 2.31. The highest BCUT2D eigenvalue weighted by atomic mass is 19.4. The van der Waals surface area contributed by atoms with Gasteiger partial charge in [-0.25, -0.2) is 0 Å². The second-order valence-electron chi connectivity index (χ2n) is 4.94.